The van der Waals surface area contributed by atoms with Crippen LogP contribution in [0.3, 0.4) is 0 Å². The Balaban J connectivity index is 2.64. The third kappa shape index (κ3) is 2.12. The van der Waals surface area contributed by atoms with Gasteiger partial charge in [-0.3, -0.25) is 0 Å². The molecule has 1 unspecified atom stereocenters. The molecule has 0 radical (unpaired) electrons. The van der Waals surface area contributed by atoms with E-state index in [1.165, 1.54) is 0 Å². The van der Waals surface area contributed by atoms with Crippen LogP contribution in [0.4, 0.5) is 57.1 Å². The first-order valence-electron chi connectivity index (χ1n) is 6.93. The minimum absolute atomic E-state index is 2.94. The lowest BCUT2D eigenvalue weighted by molar-refractivity contribution is -0.275. The molecule has 2 aromatic carbocycles. The second kappa shape index (κ2) is 5.77. The monoisotopic (exact) mass is 444 g/mol. The molecule has 29 heavy (non-hydrogen) atoms. The van der Waals surface area contributed by atoms with Gasteiger partial charge in [-0.05, 0) is 0 Å². The maximum atomic E-state index is 14.3. The summed E-state index contributed by atoms with van der Waals surface area (Å²) < 4.78 is 179. The van der Waals surface area contributed by atoms with Gasteiger partial charge in [-0.2, -0.15) is 17.6 Å². The predicted molar refractivity (Wildman–Crippen MR) is 64.3 cm³/mol. The Labute approximate surface area is 150 Å². The highest BCUT2D eigenvalue weighted by molar-refractivity contribution is 5.55. The summed E-state index contributed by atoms with van der Waals surface area (Å²) in [7, 11) is 0. The van der Waals surface area contributed by atoms with Crippen LogP contribution in [0.15, 0.2) is 0 Å². The van der Waals surface area contributed by atoms with Crippen LogP contribution in [0.1, 0.15) is 16.7 Å². The number of aliphatic hydroxyl groups is 1. The molecule has 0 spiro atoms. The lowest BCUT2D eigenvalue weighted by Gasteiger charge is -2.33. The van der Waals surface area contributed by atoms with Crippen molar-refractivity contribution < 1.29 is 62.2 Å². The van der Waals surface area contributed by atoms with Gasteiger partial charge in [-0.25, -0.2) is 39.5 Å². The molecule has 1 N–H and O–H groups in total. The molecule has 0 aliphatic heterocycles. The van der Waals surface area contributed by atoms with Crippen molar-refractivity contribution in [3.05, 3.63) is 69.0 Å². The number of hydrogen-bond acceptors (Lipinski definition) is 1. The van der Waals surface area contributed by atoms with Crippen molar-refractivity contribution in [2.75, 3.05) is 0 Å². The molecule has 3 rings (SSSR count). The second-order valence-corrected chi connectivity index (χ2v) is 5.81. The van der Waals surface area contributed by atoms with Crippen LogP contribution in [0.25, 0.3) is 0 Å². The number of rotatable bonds is 1. The highest BCUT2D eigenvalue weighted by Crippen LogP contribution is 2.64. The Bertz CT molecular complexity index is 1050. The van der Waals surface area contributed by atoms with E-state index in [4.69, 9.17) is 0 Å². The average Bonchev–Trinajstić information content (AvgIpc) is 2.76. The Morgan fingerprint density at radius 3 is 1.07 bits per heavy atom. The number of fused-ring (bicyclic) bond motifs is 1. The van der Waals surface area contributed by atoms with Gasteiger partial charge in [0.2, 0.25) is 5.82 Å². The first-order valence-corrected chi connectivity index (χ1v) is 6.93. The Morgan fingerprint density at radius 1 is 0.414 bits per heavy atom. The summed E-state index contributed by atoms with van der Waals surface area (Å²) in [5, 5.41) is 10.0. The fourth-order valence-corrected chi connectivity index (χ4v) is 3.01. The van der Waals surface area contributed by atoms with E-state index in [0.29, 0.717) is 0 Å². The molecular formula is C15HF13O. The van der Waals surface area contributed by atoms with Crippen LogP contribution < -0.4 is 0 Å². The fraction of sp³-hybridized carbons (Fsp3) is 0.200. The maximum Gasteiger partial charge on any atom is 0.351 e. The van der Waals surface area contributed by atoms with Gasteiger partial charge in [0.05, 0.1) is 11.1 Å². The third-order valence-corrected chi connectivity index (χ3v) is 4.36. The molecule has 0 heterocycles. The SMILES string of the molecule is OC1(c2c(F)c(F)c(F)c(F)c2F)c2c(F)c(F)c(F)c(F)c2C(F)(F)C1(F)F. The van der Waals surface area contributed by atoms with Crippen molar-refractivity contribution in [2.24, 2.45) is 0 Å². The highest BCUT2D eigenvalue weighted by Gasteiger charge is 2.80. The zero-order chi connectivity index (χ0) is 22.4. The molecule has 0 fully saturated rings. The average molecular weight is 444 g/mol. The van der Waals surface area contributed by atoms with Crippen molar-refractivity contribution in [3.63, 3.8) is 0 Å². The van der Waals surface area contributed by atoms with Gasteiger partial charge in [-0.15, -0.1) is 0 Å². The first-order chi connectivity index (χ1) is 13.1. The molecule has 14 heteroatoms. The van der Waals surface area contributed by atoms with E-state index in [1.54, 1.807) is 0 Å². The largest absolute Gasteiger partial charge is 0.374 e. The topological polar surface area (TPSA) is 20.2 Å². The second-order valence-electron chi connectivity index (χ2n) is 5.81. The molecule has 1 nitrogen and oxygen atoms in total. The quantitative estimate of drug-likeness (QED) is 0.377. The molecule has 0 saturated heterocycles. The number of alkyl halides is 4. The summed E-state index contributed by atoms with van der Waals surface area (Å²) in [6.45, 7) is 0. The standard InChI is InChI=1S/C15HF13O/c16-4-1-2(5(17)9(21)8(4)20)14(25,26)15(27,28)13(1,29)3-6(18)10(22)12(24)11(23)7(3)19/h29H. The van der Waals surface area contributed by atoms with Crippen molar-refractivity contribution in [2.45, 2.75) is 17.4 Å². The predicted octanol–water partition coefficient (Wildman–Crippen LogP) is 4.92. The minimum atomic E-state index is -6.44. The van der Waals surface area contributed by atoms with Gasteiger partial charge in [0, 0.05) is 5.56 Å². The summed E-state index contributed by atoms with van der Waals surface area (Å²) in [6, 6.07) is 0. The molecule has 1 aliphatic rings. The van der Waals surface area contributed by atoms with E-state index in [0.717, 1.165) is 0 Å². The molecule has 2 aromatic rings. The van der Waals surface area contributed by atoms with E-state index in [-0.39, 0.29) is 0 Å². The van der Waals surface area contributed by atoms with Crippen LogP contribution in [-0.2, 0) is 11.5 Å². The van der Waals surface area contributed by atoms with Crippen LogP contribution in [0, 0.1) is 52.4 Å². The summed E-state index contributed by atoms with van der Waals surface area (Å²) >= 11 is 0. The smallest absolute Gasteiger partial charge is 0.351 e. The fourth-order valence-electron chi connectivity index (χ4n) is 3.01. The number of benzene rings is 2. The summed E-state index contributed by atoms with van der Waals surface area (Å²) in [5.74, 6) is -40.8. The third-order valence-electron chi connectivity index (χ3n) is 4.36. The molecule has 0 aromatic heterocycles. The molecule has 1 atom stereocenters. The van der Waals surface area contributed by atoms with Crippen molar-refractivity contribution in [1.82, 2.24) is 0 Å². The van der Waals surface area contributed by atoms with Crippen LogP contribution >= 0.6 is 0 Å². The first kappa shape index (κ1) is 21.2. The van der Waals surface area contributed by atoms with E-state index in [1.807, 2.05) is 0 Å². The Hall–Kier alpha value is -2.51. The van der Waals surface area contributed by atoms with E-state index in [2.05, 4.69) is 0 Å². The summed E-state index contributed by atoms with van der Waals surface area (Å²) in [5.41, 5.74) is -14.7. The lowest BCUT2D eigenvalue weighted by Crippen LogP contribution is -2.51. The van der Waals surface area contributed by atoms with Gasteiger partial charge in [-0.1, -0.05) is 0 Å². The maximum absolute atomic E-state index is 14.3. The van der Waals surface area contributed by atoms with Crippen molar-refractivity contribution in [3.8, 4) is 0 Å². The lowest BCUT2D eigenvalue weighted by atomic mass is 9.83. The van der Waals surface area contributed by atoms with E-state index < -0.39 is 86.5 Å². The molecule has 0 saturated carbocycles. The van der Waals surface area contributed by atoms with Gasteiger partial charge in [0.15, 0.2) is 52.1 Å². The number of halogens is 13. The van der Waals surface area contributed by atoms with Gasteiger partial charge < -0.3 is 5.11 Å². The van der Waals surface area contributed by atoms with E-state index >= 15 is 0 Å². The minimum Gasteiger partial charge on any atom is -0.374 e. The molecule has 0 bridgehead atoms. The van der Waals surface area contributed by atoms with Gasteiger partial charge >= 0.3 is 11.8 Å². The zero-order valence-electron chi connectivity index (χ0n) is 12.9. The summed E-state index contributed by atoms with van der Waals surface area (Å²) in [4.78, 5) is 0. The van der Waals surface area contributed by atoms with Crippen LogP contribution in [0.2, 0.25) is 0 Å². The molecule has 1 aliphatic carbocycles. The Morgan fingerprint density at radius 2 is 0.690 bits per heavy atom. The highest BCUT2D eigenvalue weighted by atomic mass is 19.3. The van der Waals surface area contributed by atoms with Gasteiger partial charge in [0.1, 0.15) is 0 Å². The summed E-state index contributed by atoms with van der Waals surface area (Å²) in [6.07, 6.45) is 0. The van der Waals surface area contributed by atoms with Gasteiger partial charge in [0.25, 0.3) is 0 Å². The molecular weight excluding hydrogens is 443 g/mol. The van der Waals surface area contributed by atoms with Crippen molar-refractivity contribution in [1.29, 1.82) is 0 Å². The molecule has 0 amide bonds. The van der Waals surface area contributed by atoms with E-state index in [9.17, 15) is 62.2 Å². The van der Waals surface area contributed by atoms with Crippen LogP contribution in [0.5, 0.6) is 0 Å². The molecule has 158 valence electrons. The zero-order valence-corrected chi connectivity index (χ0v) is 12.9. The normalized spacial score (nSPS) is 22.1. The number of hydrogen-bond donors (Lipinski definition) is 1. The van der Waals surface area contributed by atoms with Crippen LogP contribution in [-0.4, -0.2) is 11.0 Å². The Kier molecular flexibility index (Phi) is 4.22. The van der Waals surface area contributed by atoms with Crippen molar-refractivity contribution >= 4 is 0 Å².